The highest BCUT2D eigenvalue weighted by atomic mass is 16.3. The van der Waals surface area contributed by atoms with Gasteiger partial charge in [0.2, 0.25) is 0 Å². The molecular weight excluding hydrogens is 162 g/mol. The molecule has 2 heteroatoms. The van der Waals surface area contributed by atoms with E-state index in [1.807, 2.05) is 0 Å². The van der Waals surface area contributed by atoms with Crippen molar-refractivity contribution in [2.24, 2.45) is 5.92 Å². The van der Waals surface area contributed by atoms with Crippen LogP contribution in [0.15, 0.2) is 0 Å². The molecule has 78 valence electrons. The molecular formula is C11H23NO. The SMILES string of the molecule is CCN(CC)C(C)(C)C(O)C1CC1. The third-order valence-electron chi connectivity index (χ3n) is 3.37. The first-order chi connectivity index (χ1) is 6.04. The summed E-state index contributed by atoms with van der Waals surface area (Å²) in [5, 5.41) is 10.1. The first kappa shape index (κ1) is 11.0. The van der Waals surface area contributed by atoms with Crippen molar-refractivity contribution in [3.8, 4) is 0 Å². The van der Waals surface area contributed by atoms with Crippen LogP contribution in [0, 0.1) is 5.92 Å². The largest absolute Gasteiger partial charge is 0.391 e. The second-order valence-electron chi connectivity index (χ2n) is 4.61. The molecule has 0 aliphatic heterocycles. The maximum Gasteiger partial charge on any atom is 0.0746 e. The molecule has 1 fully saturated rings. The quantitative estimate of drug-likeness (QED) is 0.707. The van der Waals surface area contributed by atoms with E-state index in [1.165, 1.54) is 12.8 Å². The van der Waals surface area contributed by atoms with Crippen molar-refractivity contribution in [3.63, 3.8) is 0 Å². The summed E-state index contributed by atoms with van der Waals surface area (Å²) in [6.07, 6.45) is 2.28. The number of aliphatic hydroxyl groups is 1. The minimum Gasteiger partial charge on any atom is -0.391 e. The van der Waals surface area contributed by atoms with E-state index in [-0.39, 0.29) is 11.6 Å². The minimum atomic E-state index is -0.146. The number of hydrogen-bond acceptors (Lipinski definition) is 2. The lowest BCUT2D eigenvalue weighted by Gasteiger charge is -2.41. The topological polar surface area (TPSA) is 23.5 Å². The van der Waals surface area contributed by atoms with Crippen LogP contribution in [0.4, 0.5) is 0 Å². The summed E-state index contributed by atoms with van der Waals surface area (Å²) >= 11 is 0. The van der Waals surface area contributed by atoms with Gasteiger partial charge in [0.15, 0.2) is 0 Å². The second-order valence-corrected chi connectivity index (χ2v) is 4.61. The Balaban J connectivity index is 2.59. The first-order valence-electron chi connectivity index (χ1n) is 5.47. The Morgan fingerprint density at radius 1 is 1.31 bits per heavy atom. The number of nitrogens with zero attached hydrogens (tertiary/aromatic N) is 1. The van der Waals surface area contributed by atoms with E-state index in [2.05, 4.69) is 32.6 Å². The number of hydrogen-bond donors (Lipinski definition) is 1. The Bertz CT molecular complexity index is 155. The molecule has 0 heterocycles. The molecule has 13 heavy (non-hydrogen) atoms. The van der Waals surface area contributed by atoms with Gasteiger partial charge in [0, 0.05) is 5.54 Å². The van der Waals surface area contributed by atoms with Crippen LogP contribution in [0.1, 0.15) is 40.5 Å². The molecule has 0 aromatic rings. The molecule has 1 aliphatic carbocycles. The number of likely N-dealkylation sites (N-methyl/N-ethyl adjacent to an activating group) is 1. The monoisotopic (exact) mass is 185 g/mol. The van der Waals surface area contributed by atoms with Crippen molar-refractivity contribution in [1.82, 2.24) is 4.90 Å². The fourth-order valence-electron chi connectivity index (χ4n) is 2.21. The fourth-order valence-corrected chi connectivity index (χ4v) is 2.21. The molecule has 0 radical (unpaired) electrons. The van der Waals surface area contributed by atoms with Gasteiger partial charge in [-0.15, -0.1) is 0 Å². The van der Waals surface area contributed by atoms with E-state index in [4.69, 9.17) is 0 Å². The molecule has 2 nitrogen and oxygen atoms in total. The standard InChI is InChI=1S/C11H23NO/c1-5-12(6-2)11(3,4)10(13)9-7-8-9/h9-10,13H,5-8H2,1-4H3. The molecule has 1 aliphatic rings. The normalized spacial score (nSPS) is 20.8. The molecule has 1 N–H and O–H groups in total. The highest BCUT2D eigenvalue weighted by Crippen LogP contribution is 2.38. The van der Waals surface area contributed by atoms with E-state index in [9.17, 15) is 5.11 Å². The van der Waals surface area contributed by atoms with Gasteiger partial charge in [0.25, 0.3) is 0 Å². The van der Waals surface area contributed by atoms with Gasteiger partial charge in [0.1, 0.15) is 0 Å². The lowest BCUT2D eigenvalue weighted by atomic mass is 9.91. The third kappa shape index (κ3) is 2.23. The Labute approximate surface area is 81.9 Å². The lowest BCUT2D eigenvalue weighted by Crippen LogP contribution is -2.53. The maximum atomic E-state index is 10.1. The van der Waals surface area contributed by atoms with Crippen molar-refractivity contribution < 1.29 is 5.11 Å². The summed E-state index contributed by atoms with van der Waals surface area (Å²) in [4.78, 5) is 2.34. The molecule has 1 saturated carbocycles. The molecule has 0 bridgehead atoms. The van der Waals surface area contributed by atoms with Gasteiger partial charge in [0.05, 0.1) is 6.10 Å². The third-order valence-corrected chi connectivity index (χ3v) is 3.37. The predicted molar refractivity (Wildman–Crippen MR) is 55.7 cm³/mol. The minimum absolute atomic E-state index is 0.0509. The highest BCUT2D eigenvalue weighted by Gasteiger charge is 2.42. The molecule has 0 saturated heterocycles. The average Bonchev–Trinajstić information content (AvgIpc) is 2.87. The maximum absolute atomic E-state index is 10.1. The molecule has 0 aromatic heterocycles. The van der Waals surface area contributed by atoms with Gasteiger partial charge >= 0.3 is 0 Å². The Morgan fingerprint density at radius 2 is 1.77 bits per heavy atom. The van der Waals surface area contributed by atoms with Gasteiger partial charge in [-0.2, -0.15) is 0 Å². The molecule has 0 amide bonds. The average molecular weight is 185 g/mol. The van der Waals surface area contributed by atoms with Crippen LogP contribution in [-0.4, -0.2) is 34.7 Å². The number of aliphatic hydroxyl groups excluding tert-OH is 1. The summed E-state index contributed by atoms with van der Waals surface area (Å²) in [6, 6.07) is 0. The molecule has 1 rings (SSSR count). The van der Waals surface area contributed by atoms with Gasteiger partial charge in [-0.05, 0) is 45.7 Å². The van der Waals surface area contributed by atoms with Gasteiger partial charge < -0.3 is 5.11 Å². The lowest BCUT2D eigenvalue weighted by molar-refractivity contribution is -0.0171. The van der Waals surface area contributed by atoms with Gasteiger partial charge in [-0.3, -0.25) is 4.90 Å². The van der Waals surface area contributed by atoms with Crippen LogP contribution in [-0.2, 0) is 0 Å². The Kier molecular flexibility index (Phi) is 3.36. The number of rotatable bonds is 5. The zero-order valence-corrected chi connectivity index (χ0v) is 9.38. The van der Waals surface area contributed by atoms with Crippen molar-refractivity contribution in [2.45, 2.75) is 52.2 Å². The Hall–Kier alpha value is -0.0800. The van der Waals surface area contributed by atoms with Crippen molar-refractivity contribution in [2.75, 3.05) is 13.1 Å². The van der Waals surface area contributed by atoms with Gasteiger partial charge in [-0.1, -0.05) is 13.8 Å². The van der Waals surface area contributed by atoms with E-state index in [1.54, 1.807) is 0 Å². The Morgan fingerprint density at radius 3 is 2.08 bits per heavy atom. The predicted octanol–water partition coefficient (Wildman–Crippen LogP) is 1.88. The van der Waals surface area contributed by atoms with Crippen LogP contribution in [0.25, 0.3) is 0 Å². The second kappa shape index (κ2) is 3.97. The van der Waals surface area contributed by atoms with Crippen LogP contribution < -0.4 is 0 Å². The van der Waals surface area contributed by atoms with E-state index in [0.717, 1.165) is 13.1 Å². The summed E-state index contributed by atoms with van der Waals surface area (Å²) in [6.45, 7) is 10.7. The molecule has 1 atom stereocenters. The molecule has 0 aromatic carbocycles. The summed E-state index contributed by atoms with van der Waals surface area (Å²) < 4.78 is 0. The van der Waals surface area contributed by atoms with Crippen LogP contribution >= 0.6 is 0 Å². The zero-order chi connectivity index (χ0) is 10.1. The van der Waals surface area contributed by atoms with E-state index >= 15 is 0 Å². The summed E-state index contributed by atoms with van der Waals surface area (Å²) in [7, 11) is 0. The van der Waals surface area contributed by atoms with Crippen molar-refractivity contribution in [1.29, 1.82) is 0 Å². The van der Waals surface area contributed by atoms with Crippen LogP contribution in [0.3, 0.4) is 0 Å². The molecule has 0 spiro atoms. The summed E-state index contributed by atoms with van der Waals surface area (Å²) in [5.74, 6) is 0.565. The van der Waals surface area contributed by atoms with E-state index in [0.29, 0.717) is 5.92 Å². The summed E-state index contributed by atoms with van der Waals surface area (Å²) in [5.41, 5.74) is -0.0509. The van der Waals surface area contributed by atoms with Crippen LogP contribution in [0.2, 0.25) is 0 Å². The van der Waals surface area contributed by atoms with Crippen molar-refractivity contribution in [3.05, 3.63) is 0 Å². The smallest absolute Gasteiger partial charge is 0.0746 e. The highest BCUT2D eigenvalue weighted by molar-refractivity contribution is 4.96. The zero-order valence-electron chi connectivity index (χ0n) is 9.38. The first-order valence-corrected chi connectivity index (χ1v) is 5.47. The van der Waals surface area contributed by atoms with Crippen LogP contribution in [0.5, 0.6) is 0 Å². The van der Waals surface area contributed by atoms with Crippen molar-refractivity contribution >= 4 is 0 Å². The van der Waals surface area contributed by atoms with E-state index < -0.39 is 0 Å². The fraction of sp³-hybridized carbons (Fsp3) is 1.00. The molecule has 1 unspecified atom stereocenters. The van der Waals surface area contributed by atoms with Gasteiger partial charge in [-0.25, -0.2) is 0 Å².